The minimum atomic E-state index is 0. The zero-order valence-electron chi connectivity index (χ0n) is 17.1. The maximum absolute atomic E-state index is 5.19. The summed E-state index contributed by atoms with van der Waals surface area (Å²) < 4.78 is 5.19. The van der Waals surface area contributed by atoms with Gasteiger partial charge in [-0.05, 0) is 37.1 Å². The fourth-order valence-electron chi connectivity index (χ4n) is 3.41. The van der Waals surface area contributed by atoms with Gasteiger partial charge in [0.05, 0.1) is 19.3 Å². The molecule has 1 saturated heterocycles. The smallest absolute Gasteiger partial charge is 0.213 e. The highest BCUT2D eigenvalue weighted by molar-refractivity contribution is 14.0. The van der Waals surface area contributed by atoms with Gasteiger partial charge in [-0.3, -0.25) is 4.99 Å². The number of halogens is 1. The van der Waals surface area contributed by atoms with Crippen LogP contribution < -0.4 is 15.0 Å². The average Bonchev–Trinajstić information content (AvgIpc) is 2.71. The van der Waals surface area contributed by atoms with Gasteiger partial charge in [-0.25, -0.2) is 4.98 Å². The van der Waals surface area contributed by atoms with Crippen LogP contribution in [-0.4, -0.2) is 56.2 Å². The van der Waals surface area contributed by atoms with Gasteiger partial charge in [-0.2, -0.15) is 0 Å². The van der Waals surface area contributed by atoms with Crippen molar-refractivity contribution in [3.8, 4) is 5.88 Å². The van der Waals surface area contributed by atoms with Gasteiger partial charge in [-0.15, -0.1) is 24.0 Å². The van der Waals surface area contributed by atoms with E-state index in [-0.39, 0.29) is 24.0 Å². The Bertz CT molecular complexity index is 803. The quantitative estimate of drug-likeness (QED) is 0.401. The van der Waals surface area contributed by atoms with Crippen LogP contribution in [0.25, 0.3) is 0 Å². The molecule has 28 heavy (non-hydrogen) atoms. The molecule has 0 atom stereocenters. The standard InChI is InChI=1S/C21H29N5O.HI/c1-16-7-5-9-19(17(16)2)25-11-13-26(14-12-25)21(22-3)23-15-18-8-6-10-20(24-18)27-4;/h5-10H,11-15H2,1-4H3,(H,22,23);1H. The molecule has 1 aliphatic rings. The lowest BCUT2D eigenvalue weighted by Gasteiger charge is -2.38. The van der Waals surface area contributed by atoms with E-state index in [1.165, 1.54) is 16.8 Å². The zero-order chi connectivity index (χ0) is 19.2. The molecule has 2 heterocycles. The van der Waals surface area contributed by atoms with Gasteiger partial charge in [0.15, 0.2) is 5.96 Å². The van der Waals surface area contributed by atoms with Crippen molar-refractivity contribution in [1.82, 2.24) is 15.2 Å². The summed E-state index contributed by atoms with van der Waals surface area (Å²) in [6.07, 6.45) is 0. The van der Waals surface area contributed by atoms with Crippen molar-refractivity contribution in [3.05, 3.63) is 53.2 Å². The van der Waals surface area contributed by atoms with E-state index in [4.69, 9.17) is 4.74 Å². The van der Waals surface area contributed by atoms with Gasteiger partial charge in [0, 0.05) is 45.0 Å². The molecule has 6 nitrogen and oxygen atoms in total. The zero-order valence-corrected chi connectivity index (χ0v) is 19.4. The second-order valence-corrected chi connectivity index (χ2v) is 6.77. The number of rotatable bonds is 4. The molecule has 2 aromatic rings. The highest BCUT2D eigenvalue weighted by Crippen LogP contribution is 2.23. The van der Waals surface area contributed by atoms with E-state index < -0.39 is 0 Å². The number of piperazine rings is 1. The molecular weight excluding hydrogens is 465 g/mol. The number of nitrogens with zero attached hydrogens (tertiary/aromatic N) is 4. The topological polar surface area (TPSA) is 53.0 Å². The third kappa shape index (κ3) is 5.27. The molecule has 0 spiro atoms. The monoisotopic (exact) mass is 495 g/mol. The SMILES string of the molecule is CN=C(NCc1cccc(OC)n1)N1CCN(c2cccc(C)c2C)CC1.I. The van der Waals surface area contributed by atoms with Crippen LogP contribution in [0.15, 0.2) is 41.4 Å². The van der Waals surface area contributed by atoms with Crippen LogP contribution in [-0.2, 0) is 6.54 Å². The molecule has 152 valence electrons. The molecule has 3 rings (SSSR count). The second-order valence-electron chi connectivity index (χ2n) is 6.77. The van der Waals surface area contributed by atoms with Crippen LogP contribution >= 0.6 is 24.0 Å². The number of aryl methyl sites for hydroxylation is 1. The Morgan fingerprint density at radius 1 is 1.11 bits per heavy atom. The molecule has 0 aliphatic carbocycles. The van der Waals surface area contributed by atoms with Gasteiger partial charge in [0.1, 0.15) is 0 Å². The van der Waals surface area contributed by atoms with E-state index in [0.717, 1.165) is 37.8 Å². The van der Waals surface area contributed by atoms with Gasteiger partial charge in [0.25, 0.3) is 0 Å². The van der Waals surface area contributed by atoms with Crippen molar-refractivity contribution in [2.24, 2.45) is 4.99 Å². The molecule has 0 unspecified atom stereocenters. The number of aromatic nitrogens is 1. The largest absolute Gasteiger partial charge is 0.481 e. The summed E-state index contributed by atoms with van der Waals surface area (Å²) in [6.45, 7) is 8.87. The number of ether oxygens (including phenoxy) is 1. The minimum Gasteiger partial charge on any atom is -0.481 e. The summed E-state index contributed by atoms with van der Waals surface area (Å²) in [4.78, 5) is 13.7. The summed E-state index contributed by atoms with van der Waals surface area (Å²) in [5.41, 5.74) is 5.00. The van der Waals surface area contributed by atoms with Crippen molar-refractivity contribution in [3.63, 3.8) is 0 Å². The fraction of sp³-hybridized carbons (Fsp3) is 0.429. The molecule has 7 heteroatoms. The van der Waals surface area contributed by atoms with Crippen molar-refractivity contribution in [1.29, 1.82) is 0 Å². The lowest BCUT2D eigenvalue weighted by Crippen LogP contribution is -2.52. The van der Waals surface area contributed by atoms with E-state index in [2.05, 4.69) is 57.1 Å². The highest BCUT2D eigenvalue weighted by atomic mass is 127. The summed E-state index contributed by atoms with van der Waals surface area (Å²) in [5.74, 6) is 1.55. The van der Waals surface area contributed by atoms with Gasteiger partial charge >= 0.3 is 0 Å². The van der Waals surface area contributed by atoms with Crippen molar-refractivity contribution >= 4 is 35.6 Å². The molecule has 1 aromatic carbocycles. The van der Waals surface area contributed by atoms with Crippen LogP contribution in [0.2, 0.25) is 0 Å². The van der Waals surface area contributed by atoms with Crippen molar-refractivity contribution in [2.45, 2.75) is 20.4 Å². The van der Waals surface area contributed by atoms with Crippen molar-refractivity contribution < 1.29 is 4.74 Å². The molecule has 0 bridgehead atoms. The normalized spacial score (nSPS) is 14.5. The predicted octanol–water partition coefficient (Wildman–Crippen LogP) is 3.22. The maximum atomic E-state index is 5.19. The van der Waals surface area contributed by atoms with Crippen LogP contribution in [0.1, 0.15) is 16.8 Å². The number of anilines is 1. The molecule has 1 aliphatic heterocycles. The Morgan fingerprint density at radius 2 is 1.82 bits per heavy atom. The second kappa shape index (κ2) is 10.5. The Morgan fingerprint density at radius 3 is 2.50 bits per heavy atom. The average molecular weight is 495 g/mol. The number of hydrogen-bond donors (Lipinski definition) is 1. The Hall–Kier alpha value is -2.03. The minimum absolute atomic E-state index is 0. The van der Waals surface area contributed by atoms with E-state index in [0.29, 0.717) is 12.4 Å². The maximum Gasteiger partial charge on any atom is 0.213 e. The Labute approximate surface area is 185 Å². The Kier molecular flexibility index (Phi) is 8.35. The molecule has 1 aromatic heterocycles. The summed E-state index contributed by atoms with van der Waals surface area (Å²) in [6, 6.07) is 12.3. The van der Waals surface area contributed by atoms with E-state index >= 15 is 0 Å². The number of guanidine groups is 1. The predicted molar refractivity (Wildman–Crippen MR) is 126 cm³/mol. The first-order valence-electron chi connectivity index (χ1n) is 9.39. The molecule has 1 N–H and O–H groups in total. The number of benzene rings is 1. The number of nitrogens with one attached hydrogen (secondary N) is 1. The van der Waals surface area contributed by atoms with Gasteiger partial charge in [-0.1, -0.05) is 18.2 Å². The highest BCUT2D eigenvalue weighted by Gasteiger charge is 2.21. The fourth-order valence-corrected chi connectivity index (χ4v) is 3.41. The lowest BCUT2D eigenvalue weighted by molar-refractivity contribution is 0.371. The molecular formula is C21H30IN5O. The first-order chi connectivity index (χ1) is 13.1. The van der Waals surface area contributed by atoms with Crippen LogP contribution in [0.3, 0.4) is 0 Å². The Balaban J connectivity index is 0.00000280. The third-order valence-corrected chi connectivity index (χ3v) is 5.13. The first kappa shape index (κ1) is 22.3. The van der Waals surface area contributed by atoms with Crippen LogP contribution in [0.4, 0.5) is 5.69 Å². The van der Waals surface area contributed by atoms with E-state index in [9.17, 15) is 0 Å². The number of methoxy groups -OCH3 is 1. The number of hydrogen-bond acceptors (Lipinski definition) is 4. The third-order valence-electron chi connectivity index (χ3n) is 5.13. The van der Waals surface area contributed by atoms with Crippen molar-refractivity contribution in [2.75, 3.05) is 45.2 Å². The molecule has 0 radical (unpaired) electrons. The van der Waals surface area contributed by atoms with Gasteiger partial charge in [0.2, 0.25) is 5.88 Å². The number of pyridine rings is 1. The molecule has 0 amide bonds. The number of aliphatic imine (C=N–C) groups is 1. The summed E-state index contributed by atoms with van der Waals surface area (Å²) >= 11 is 0. The summed E-state index contributed by atoms with van der Waals surface area (Å²) in [5, 5.41) is 3.42. The molecule has 1 fully saturated rings. The van der Waals surface area contributed by atoms with E-state index in [1.54, 1.807) is 7.11 Å². The molecule has 0 saturated carbocycles. The van der Waals surface area contributed by atoms with Crippen LogP contribution in [0.5, 0.6) is 5.88 Å². The lowest BCUT2D eigenvalue weighted by atomic mass is 10.1. The van der Waals surface area contributed by atoms with Crippen LogP contribution in [0, 0.1) is 13.8 Å². The van der Waals surface area contributed by atoms with Gasteiger partial charge < -0.3 is 19.9 Å². The van der Waals surface area contributed by atoms with E-state index in [1.807, 2.05) is 25.2 Å². The first-order valence-corrected chi connectivity index (χ1v) is 9.39. The summed E-state index contributed by atoms with van der Waals surface area (Å²) in [7, 11) is 3.46.